The van der Waals surface area contributed by atoms with Gasteiger partial charge in [0.15, 0.2) is 0 Å². The SMILES string of the molecule is COc1ccc([C@H]2CNC(=O)CO2)cc1. The lowest BCUT2D eigenvalue weighted by molar-refractivity contribution is -0.133. The van der Waals surface area contributed by atoms with Gasteiger partial charge in [0.05, 0.1) is 7.11 Å². The second-order valence-corrected chi connectivity index (χ2v) is 3.38. The first-order chi connectivity index (χ1) is 7.29. The van der Waals surface area contributed by atoms with Crippen LogP contribution >= 0.6 is 0 Å². The maximum Gasteiger partial charge on any atom is 0.246 e. The molecule has 1 amide bonds. The zero-order valence-corrected chi connectivity index (χ0v) is 8.53. The van der Waals surface area contributed by atoms with Crippen LogP contribution in [0.15, 0.2) is 24.3 Å². The molecule has 4 nitrogen and oxygen atoms in total. The third kappa shape index (κ3) is 2.27. The van der Waals surface area contributed by atoms with Crippen LogP contribution in [-0.2, 0) is 9.53 Å². The number of nitrogens with one attached hydrogen (secondary N) is 1. The molecule has 1 aliphatic rings. The van der Waals surface area contributed by atoms with E-state index < -0.39 is 0 Å². The van der Waals surface area contributed by atoms with Gasteiger partial charge in [0, 0.05) is 6.54 Å². The summed E-state index contributed by atoms with van der Waals surface area (Å²) < 4.78 is 10.5. The van der Waals surface area contributed by atoms with Crippen LogP contribution in [-0.4, -0.2) is 26.2 Å². The molecule has 0 aliphatic carbocycles. The van der Waals surface area contributed by atoms with Gasteiger partial charge in [-0.2, -0.15) is 0 Å². The van der Waals surface area contributed by atoms with Crippen molar-refractivity contribution in [1.29, 1.82) is 0 Å². The normalized spacial score (nSPS) is 20.9. The van der Waals surface area contributed by atoms with Gasteiger partial charge in [0.2, 0.25) is 5.91 Å². The number of hydrogen-bond acceptors (Lipinski definition) is 3. The number of methoxy groups -OCH3 is 1. The summed E-state index contributed by atoms with van der Waals surface area (Å²) in [7, 11) is 1.63. The molecule has 1 aromatic carbocycles. The van der Waals surface area contributed by atoms with Gasteiger partial charge in [-0.15, -0.1) is 0 Å². The summed E-state index contributed by atoms with van der Waals surface area (Å²) in [5.41, 5.74) is 1.05. The van der Waals surface area contributed by atoms with Crippen molar-refractivity contribution in [3.63, 3.8) is 0 Å². The Labute approximate surface area is 88.2 Å². The smallest absolute Gasteiger partial charge is 0.246 e. The predicted molar refractivity (Wildman–Crippen MR) is 54.7 cm³/mol. The first-order valence-electron chi connectivity index (χ1n) is 4.82. The molecule has 0 bridgehead atoms. The van der Waals surface area contributed by atoms with Crippen molar-refractivity contribution in [2.45, 2.75) is 6.10 Å². The molecule has 1 N–H and O–H groups in total. The lowest BCUT2D eigenvalue weighted by Gasteiger charge is -2.23. The van der Waals surface area contributed by atoms with Crippen LogP contribution in [0.5, 0.6) is 5.75 Å². The molecular formula is C11H13NO3. The van der Waals surface area contributed by atoms with Crippen molar-refractivity contribution >= 4 is 5.91 Å². The second-order valence-electron chi connectivity index (χ2n) is 3.38. The number of amides is 1. The van der Waals surface area contributed by atoms with E-state index in [1.165, 1.54) is 0 Å². The van der Waals surface area contributed by atoms with E-state index in [-0.39, 0.29) is 18.6 Å². The third-order valence-corrected chi connectivity index (χ3v) is 2.39. The Hall–Kier alpha value is -1.55. The average Bonchev–Trinajstić information content (AvgIpc) is 2.30. The molecule has 4 heteroatoms. The largest absolute Gasteiger partial charge is 0.497 e. The molecular weight excluding hydrogens is 194 g/mol. The van der Waals surface area contributed by atoms with Crippen LogP contribution in [0.3, 0.4) is 0 Å². The molecule has 1 atom stereocenters. The zero-order chi connectivity index (χ0) is 10.7. The highest BCUT2D eigenvalue weighted by molar-refractivity contribution is 5.77. The summed E-state index contributed by atoms with van der Waals surface area (Å²) in [6, 6.07) is 7.66. The van der Waals surface area contributed by atoms with Gasteiger partial charge in [-0.3, -0.25) is 4.79 Å². The highest BCUT2D eigenvalue weighted by Gasteiger charge is 2.19. The molecule has 1 heterocycles. The first kappa shape index (κ1) is 9.98. The van der Waals surface area contributed by atoms with E-state index in [0.717, 1.165) is 11.3 Å². The average molecular weight is 207 g/mol. The molecule has 0 saturated carbocycles. The summed E-state index contributed by atoms with van der Waals surface area (Å²) in [6.07, 6.45) is -0.0476. The van der Waals surface area contributed by atoms with E-state index in [4.69, 9.17) is 9.47 Å². The minimum absolute atomic E-state index is 0.0476. The Morgan fingerprint density at radius 1 is 1.40 bits per heavy atom. The molecule has 1 fully saturated rings. The van der Waals surface area contributed by atoms with E-state index >= 15 is 0 Å². The number of benzene rings is 1. The number of hydrogen-bond donors (Lipinski definition) is 1. The Balaban J connectivity index is 2.06. The Morgan fingerprint density at radius 2 is 2.13 bits per heavy atom. The Kier molecular flexibility index (Phi) is 2.87. The summed E-state index contributed by atoms with van der Waals surface area (Å²) in [5.74, 6) is 0.762. The minimum atomic E-state index is -0.0558. The maximum atomic E-state index is 10.9. The van der Waals surface area contributed by atoms with Gasteiger partial charge in [0.1, 0.15) is 18.5 Å². The molecule has 2 rings (SSSR count). The second kappa shape index (κ2) is 4.31. The van der Waals surface area contributed by atoms with Gasteiger partial charge >= 0.3 is 0 Å². The zero-order valence-electron chi connectivity index (χ0n) is 8.53. The van der Waals surface area contributed by atoms with Gasteiger partial charge < -0.3 is 14.8 Å². The van der Waals surface area contributed by atoms with Crippen LogP contribution in [0.1, 0.15) is 11.7 Å². The van der Waals surface area contributed by atoms with Crippen molar-refractivity contribution in [1.82, 2.24) is 5.32 Å². The number of ether oxygens (including phenoxy) is 2. The number of rotatable bonds is 2. The highest BCUT2D eigenvalue weighted by Crippen LogP contribution is 2.21. The lowest BCUT2D eigenvalue weighted by atomic mass is 10.1. The van der Waals surface area contributed by atoms with Crippen LogP contribution < -0.4 is 10.1 Å². The Morgan fingerprint density at radius 3 is 2.67 bits per heavy atom. The molecule has 0 unspecified atom stereocenters. The topological polar surface area (TPSA) is 47.6 Å². The van der Waals surface area contributed by atoms with E-state index in [2.05, 4.69) is 5.32 Å². The van der Waals surface area contributed by atoms with Crippen molar-refractivity contribution in [2.75, 3.05) is 20.3 Å². The number of morpholine rings is 1. The van der Waals surface area contributed by atoms with E-state index in [1.54, 1.807) is 7.11 Å². The molecule has 0 spiro atoms. The molecule has 0 radical (unpaired) electrons. The van der Waals surface area contributed by atoms with Gasteiger partial charge in [0.25, 0.3) is 0 Å². The molecule has 1 aliphatic heterocycles. The van der Waals surface area contributed by atoms with Gasteiger partial charge in [-0.25, -0.2) is 0 Å². The lowest BCUT2D eigenvalue weighted by Crippen LogP contribution is -2.38. The Bertz CT molecular complexity index is 337. The number of carbonyl (C=O) groups excluding carboxylic acids is 1. The van der Waals surface area contributed by atoms with Crippen LogP contribution in [0.2, 0.25) is 0 Å². The van der Waals surface area contributed by atoms with Crippen molar-refractivity contribution in [3.8, 4) is 5.75 Å². The maximum absolute atomic E-state index is 10.9. The fraction of sp³-hybridized carbons (Fsp3) is 0.364. The van der Waals surface area contributed by atoms with Crippen LogP contribution in [0.4, 0.5) is 0 Å². The summed E-state index contributed by atoms with van der Waals surface area (Å²) >= 11 is 0. The van der Waals surface area contributed by atoms with E-state index in [9.17, 15) is 4.79 Å². The van der Waals surface area contributed by atoms with Crippen molar-refractivity contribution < 1.29 is 14.3 Å². The summed E-state index contributed by atoms with van der Waals surface area (Å²) in [5, 5.41) is 2.76. The highest BCUT2D eigenvalue weighted by atomic mass is 16.5. The monoisotopic (exact) mass is 207 g/mol. The first-order valence-corrected chi connectivity index (χ1v) is 4.82. The molecule has 15 heavy (non-hydrogen) atoms. The summed E-state index contributed by atoms with van der Waals surface area (Å²) in [4.78, 5) is 10.9. The molecule has 0 aromatic heterocycles. The molecule has 1 saturated heterocycles. The van der Waals surface area contributed by atoms with Crippen molar-refractivity contribution in [2.24, 2.45) is 0 Å². The van der Waals surface area contributed by atoms with Crippen LogP contribution in [0.25, 0.3) is 0 Å². The molecule has 80 valence electrons. The number of carbonyl (C=O) groups is 1. The predicted octanol–water partition coefficient (Wildman–Crippen LogP) is 0.883. The quantitative estimate of drug-likeness (QED) is 0.783. The summed E-state index contributed by atoms with van der Waals surface area (Å²) in [6.45, 7) is 0.669. The van der Waals surface area contributed by atoms with E-state index in [1.807, 2.05) is 24.3 Å². The fourth-order valence-corrected chi connectivity index (χ4v) is 1.53. The van der Waals surface area contributed by atoms with Gasteiger partial charge in [-0.05, 0) is 17.7 Å². The fourth-order valence-electron chi connectivity index (χ4n) is 1.53. The van der Waals surface area contributed by atoms with E-state index in [0.29, 0.717) is 6.54 Å². The minimum Gasteiger partial charge on any atom is -0.497 e. The standard InChI is InChI=1S/C11H13NO3/c1-14-9-4-2-8(3-5-9)10-6-12-11(13)7-15-10/h2-5,10H,6-7H2,1H3,(H,12,13)/t10-/m1/s1. The van der Waals surface area contributed by atoms with Crippen LogP contribution in [0, 0.1) is 0 Å². The van der Waals surface area contributed by atoms with Gasteiger partial charge in [-0.1, -0.05) is 12.1 Å². The third-order valence-electron chi connectivity index (χ3n) is 2.39. The van der Waals surface area contributed by atoms with Crippen molar-refractivity contribution in [3.05, 3.63) is 29.8 Å². The molecule has 1 aromatic rings.